The summed E-state index contributed by atoms with van der Waals surface area (Å²) in [5.41, 5.74) is 4.51. The van der Waals surface area contributed by atoms with Gasteiger partial charge in [0.2, 0.25) is 5.91 Å². The molecule has 2 aliphatic heterocycles. The number of aliphatic carboxylic acids is 1. The molecule has 1 saturated heterocycles. The summed E-state index contributed by atoms with van der Waals surface area (Å²) >= 11 is 0. The van der Waals surface area contributed by atoms with Gasteiger partial charge < -0.3 is 15.3 Å². The molecule has 0 spiro atoms. The molecule has 2 aromatic rings. The van der Waals surface area contributed by atoms with Crippen molar-refractivity contribution in [2.75, 3.05) is 25.0 Å². The fraction of sp³-hybridized carbons (Fsp3) is 0.538. The fourth-order valence-electron chi connectivity index (χ4n) is 4.90. The van der Waals surface area contributed by atoms with E-state index in [9.17, 15) is 9.59 Å². The monoisotopic (exact) mass is 450 g/mol. The molecular formula is C26H34N4O3. The normalized spacial score (nSPS) is 16.2. The SMILES string of the molecule is O=C(O)CCc1cnccc1CCC1CCN(C(=O)CCc2ccc3c(n2)NCCC3)CC1. The molecule has 0 aromatic carbocycles. The number of nitrogens with one attached hydrogen (secondary N) is 1. The van der Waals surface area contributed by atoms with Crippen LogP contribution in [0.2, 0.25) is 0 Å². The Kier molecular flexibility index (Phi) is 7.92. The molecule has 1 fully saturated rings. The van der Waals surface area contributed by atoms with Crippen LogP contribution in [0.3, 0.4) is 0 Å². The predicted molar refractivity (Wildman–Crippen MR) is 127 cm³/mol. The number of hydrogen-bond donors (Lipinski definition) is 2. The number of nitrogens with zero attached hydrogens (tertiary/aromatic N) is 3. The summed E-state index contributed by atoms with van der Waals surface area (Å²) in [6.07, 6.45) is 11.7. The lowest BCUT2D eigenvalue weighted by Gasteiger charge is -2.32. The number of aryl methyl sites for hydroxylation is 4. The summed E-state index contributed by atoms with van der Waals surface area (Å²) in [5.74, 6) is 1.04. The number of pyridine rings is 2. The molecule has 1 amide bonds. The van der Waals surface area contributed by atoms with Crippen molar-refractivity contribution in [3.8, 4) is 0 Å². The molecule has 176 valence electrons. The molecule has 0 atom stereocenters. The lowest BCUT2D eigenvalue weighted by molar-refractivity contribution is -0.137. The lowest BCUT2D eigenvalue weighted by Crippen LogP contribution is -2.38. The third-order valence-corrected chi connectivity index (χ3v) is 6.95. The van der Waals surface area contributed by atoms with Gasteiger partial charge in [-0.25, -0.2) is 4.98 Å². The Hall–Kier alpha value is -2.96. The number of likely N-dealkylation sites (tertiary alicyclic amines) is 1. The molecule has 2 N–H and O–H groups in total. The van der Waals surface area contributed by atoms with Crippen LogP contribution in [-0.2, 0) is 35.3 Å². The van der Waals surface area contributed by atoms with Crippen molar-refractivity contribution in [2.24, 2.45) is 5.92 Å². The zero-order chi connectivity index (χ0) is 23.0. The zero-order valence-electron chi connectivity index (χ0n) is 19.3. The molecule has 2 aromatic heterocycles. The summed E-state index contributed by atoms with van der Waals surface area (Å²) in [4.78, 5) is 34.5. The van der Waals surface area contributed by atoms with Crippen molar-refractivity contribution in [2.45, 2.75) is 64.2 Å². The van der Waals surface area contributed by atoms with Gasteiger partial charge in [0.1, 0.15) is 5.82 Å². The van der Waals surface area contributed by atoms with Gasteiger partial charge in [-0.3, -0.25) is 14.6 Å². The van der Waals surface area contributed by atoms with E-state index in [-0.39, 0.29) is 12.3 Å². The van der Waals surface area contributed by atoms with Crippen LogP contribution in [0, 0.1) is 5.92 Å². The number of fused-ring (bicyclic) bond motifs is 1. The maximum Gasteiger partial charge on any atom is 0.303 e. The number of aromatic nitrogens is 2. The van der Waals surface area contributed by atoms with Gasteiger partial charge in [0.05, 0.1) is 0 Å². The number of hydrogen-bond acceptors (Lipinski definition) is 5. The average molecular weight is 451 g/mol. The molecule has 7 nitrogen and oxygen atoms in total. The molecular weight excluding hydrogens is 416 g/mol. The van der Waals surface area contributed by atoms with Crippen molar-refractivity contribution in [1.29, 1.82) is 0 Å². The number of amides is 1. The van der Waals surface area contributed by atoms with E-state index < -0.39 is 5.97 Å². The summed E-state index contributed by atoms with van der Waals surface area (Å²) in [7, 11) is 0. The third-order valence-electron chi connectivity index (χ3n) is 6.95. The molecule has 0 aliphatic carbocycles. The minimum atomic E-state index is -0.777. The Balaban J connectivity index is 1.20. The third kappa shape index (κ3) is 6.53. The molecule has 0 unspecified atom stereocenters. The smallest absolute Gasteiger partial charge is 0.303 e. The highest BCUT2D eigenvalue weighted by Gasteiger charge is 2.23. The summed E-state index contributed by atoms with van der Waals surface area (Å²) < 4.78 is 0. The van der Waals surface area contributed by atoms with Gasteiger partial charge >= 0.3 is 5.97 Å². The Morgan fingerprint density at radius 2 is 1.91 bits per heavy atom. The second-order valence-corrected chi connectivity index (χ2v) is 9.24. The van der Waals surface area contributed by atoms with Gasteiger partial charge in [0, 0.05) is 50.6 Å². The van der Waals surface area contributed by atoms with Gasteiger partial charge in [0.15, 0.2) is 0 Å². The topological polar surface area (TPSA) is 95.4 Å². The highest BCUT2D eigenvalue weighted by atomic mass is 16.4. The molecule has 4 rings (SSSR count). The zero-order valence-corrected chi connectivity index (χ0v) is 19.3. The number of carboxylic acid groups (broad SMARTS) is 1. The number of rotatable bonds is 9. The Labute approximate surface area is 195 Å². The van der Waals surface area contributed by atoms with Crippen LogP contribution >= 0.6 is 0 Å². The van der Waals surface area contributed by atoms with E-state index in [1.807, 2.05) is 11.0 Å². The number of carbonyl (C=O) groups excluding carboxylic acids is 1. The largest absolute Gasteiger partial charge is 0.481 e. The second-order valence-electron chi connectivity index (χ2n) is 9.24. The van der Waals surface area contributed by atoms with Crippen molar-refractivity contribution in [3.05, 3.63) is 53.0 Å². The van der Waals surface area contributed by atoms with Crippen LogP contribution in [0.15, 0.2) is 30.6 Å². The molecule has 7 heteroatoms. The van der Waals surface area contributed by atoms with E-state index in [0.717, 1.165) is 75.2 Å². The molecule has 0 saturated carbocycles. The first kappa shape index (κ1) is 23.2. The number of piperidine rings is 1. The van der Waals surface area contributed by atoms with Gasteiger partial charge in [-0.1, -0.05) is 6.07 Å². The molecule has 2 aliphatic rings. The van der Waals surface area contributed by atoms with Gasteiger partial charge in [-0.05, 0) is 86.1 Å². The van der Waals surface area contributed by atoms with Crippen LogP contribution in [0.4, 0.5) is 5.82 Å². The Morgan fingerprint density at radius 3 is 2.73 bits per heavy atom. The van der Waals surface area contributed by atoms with Crippen molar-refractivity contribution in [3.63, 3.8) is 0 Å². The van der Waals surface area contributed by atoms with Crippen molar-refractivity contribution >= 4 is 17.7 Å². The minimum absolute atomic E-state index is 0.136. The summed E-state index contributed by atoms with van der Waals surface area (Å²) in [6, 6.07) is 6.23. The van der Waals surface area contributed by atoms with Gasteiger partial charge in [-0.15, -0.1) is 0 Å². The highest BCUT2D eigenvalue weighted by molar-refractivity contribution is 5.76. The van der Waals surface area contributed by atoms with Crippen LogP contribution < -0.4 is 5.32 Å². The molecule has 0 radical (unpaired) electrons. The maximum absolute atomic E-state index is 12.7. The number of carbonyl (C=O) groups is 2. The highest BCUT2D eigenvalue weighted by Crippen LogP contribution is 2.25. The second kappa shape index (κ2) is 11.3. The first-order chi connectivity index (χ1) is 16.1. The average Bonchev–Trinajstić information content (AvgIpc) is 2.85. The van der Waals surface area contributed by atoms with E-state index in [1.165, 1.54) is 11.1 Å². The predicted octanol–water partition coefficient (Wildman–Crippen LogP) is 3.66. The summed E-state index contributed by atoms with van der Waals surface area (Å²) in [6.45, 7) is 2.62. The standard InChI is InChI=1S/C26H34N4O3/c31-24(9-8-23-7-5-21-2-1-14-28-26(21)29-23)30-16-12-19(13-17-30)3-4-20-11-15-27-18-22(20)6-10-25(32)33/h5,7,11,15,18-19H,1-4,6,8-10,12-14,16-17H2,(H,28,29)(H,32,33). The first-order valence-electron chi connectivity index (χ1n) is 12.2. The minimum Gasteiger partial charge on any atom is -0.481 e. The Bertz CT molecular complexity index is 970. The fourth-order valence-corrected chi connectivity index (χ4v) is 4.90. The first-order valence-corrected chi connectivity index (χ1v) is 12.2. The maximum atomic E-state index is 12.7. The van der Waals surface area contributed by atoms with Crippen molar-refractivity contribution in [1.82, 2.24) is 14.9 Å². The lowest BCUT2D eigenvalue weighted by atomic mass is 9.89. The van der Waals surface area contributed by atoms with E-state index in [4.69, 9.17) is 10.1 Å². The number of carboxylic acids is 1. The van der Waals surface area contributed by atoms with Gasteiger partial charge in [0.25, 0.3) is 0 Å². The van der Waals surface area contributed by atoms with E-state index >= 15 is 0 Å². The molecule has 0 bridgehead atoms. The van der Waals surface area contributed by atoms with E-state index in [1.54, 1.807) is 12.4 Å². The number of anilines is 1. The van der Waals surface area contributed by atoms with Crippen LogP contribution in [0.25, 0.3) is 0 Å². The van der Waals surface area contributed by atoms with E-state index in [0.29, 0.717) is 25.2 Å². The summed E-state index contributed by atoms with van der Waals surface area (Å²) in [5, 5.41) is 12.3. The van der Waals surface area contributed by atoms with Crippen LogP contribution in [-0.4, -0.2) is 51.5 Å². The van der Waals surface area contributed by atoms with Gasteiger partial charge in [-0.2, -0.15) is 0 Å². The Morgan fingerprint density at radius 1 is 1.06 bits per heavy atom. The van der Waals surface area contributed by atoms with Crippen LogP contribution in [0.1, 0.15) is 60.9 Å². The molecule has 4 heterocycles. The van der Waals surface area contributed by atoms with E-state index in [2.05, 4.69) is 22.4 Å². The quantitative estimate of drug-likeness (QED) is 0.605. The molecule has 33 heavy (non-hydrogen) atoms. The van der Waals surface area contributed by atoms with Crippen LogP contribution in [0.5, 0.6) is 0 Å². The van der Waals surface area contributed by atoms with Crippen molar-refractivity contribution < 1.29 is 14.7 Å².